The summed E-state index contributed by atoms with van der Waals surface area (Å²) in [5.41, 5.74) is 0.688. The maximum absolute atomic E-state index is 11.9. The van der Waals surface area contributed by atoms with Crippen molar-refractivity contribution >= 4 is 11.7 Å². The summed E-state index contributed by atoms with van der Waals surface area (Å²) < 4.78 is 0. The Balaban J connectivity index is 2.13. The van der Waals surface area contributed by atoms with Gasteiger partial charge in [0.15, 0.2) is 5.78 Å². The molecule has 0 aliphatic carbocycles. The van der Waals surface area contributed by atoms with Gasteiger partial charge in [0.2, 0.25) is 5.91 Å². The summed E-state index contributed by atoms with van der Waals surface area (Å²) in [5, 5.41) is 0. The molecular formula is C12H13NO2. The Kier molecular flexibility index (Phi) is 2.54. The molecule has 1 heterocycles. The standard InChI is InChI=1S/C12H13NO2/c1-2-13-10(8-11(13)14)12(15)9-6-4-3-5-7-9/h3-7,10H,2,8H2,1H3. The molecule has 0 N–H and O–H groups in total. The molecule has 0 aromatic heterocycles. The van der Waals surface area contributed by atoms with Crippen molar-refractivity contribution in [2.45, 2.75) is 19.4 Å². The van der Waals surface area contributed by atoms with Gasteiger partial charge in [-0.05, 0) is 6.92 Å². The van der Waals surface area contributed by atoms with E-state index in [1.807, 2.05) is 25.1 Å². The molecule has 0 saturated carbocycles. The van der Waals surface area contributed by atoms with Gasteiger partial charge in [-0.1, -0.05) is 30.3 Å². The van der Waals surface area contributed by atoms with E-state index in [0.29, 0.717) is 18.5 Å². The number of hydrogen-bond acceptors (Lipinski definition) is 2. The van der Waals surface area contributed by atoms with Crippen LogP contribution in [0.3, 0.4) is 0 Å². The Bertz CT molecular complexity index is 386. The highest BCUT2D eigenvalue weighted by Crippen LogP contribution is 2.22. The van der Waals surface area contributed by atoms with Crippen LogP contribution in [-0.2, 0) is 4.79 Å². The quantitative estimate of drug-likeness (QED) is 0.551. The molecule has 78 valence electrons. The summed E-state index contributed by atoms with van der Waals surface area (Å²) in [6, 6.07) is 8.90. The van der Waals surface area contributed by atoms with Crippen molar-refractivity contribution in [3.8, 4) is 0 Å². The van der Waals surface area contributed by atoms with Crippen molar-refractivity contribution in [2.24, 2.45) is 0 Å². The van der Waals surface area contributed by atoms with Crippen LogP contribution >= 0.6 is 0 Å². The smallest absolute Gasteiger partial charge is 0.225 e. The minimum absolute atomic E-state index is 0.0528. The molecule has 0 radical (unpaired) electrons. The fourth-order valence-electron chi connectivity index (χ4n) is 1.88. The summed E-state index contributed by atoms with van der Waals surface area (Å²) in [4.78, 5) is 24.7. The molecule has 1 aliphatic heterocycles. The lowest BCUT2D eigenvalue weighted by Gasteiger charge is -2.38. The fraction of sp³-hybridized carbons (Fsp3) is 0.333. The molecule has 1 aromatic carbocycles. The normalized spacial score (nSPS) is 19.9. The van der Waals surface area contributed by atoms with Crippen molar-refractivity contribution in [3.05, 3.63) is 35.9 Å². The minimum Gasteiger partial charge on any atom is -0.332 e. The van der Waals surface area contributed by atoms with E-state index >= 15 is 0 Å². The third kappa shape index (κ3) is 1.65. The van der Waals surface area contributed by atoms with Gasteiger partial charge in [0.05, 0.1) is 6.42 Å². The Labute approximate surface area is 88.7 Å². The van der Waals surface area contributed by atoms with E-state index in [2.05, 4.69) is 0 Å². The second-order valence-electron chi connectivity index (χ2n) is 3.63. The zero-order chi connectivity index (χ0) is 10.8. The molecule has 0 bridgehead atoms. The van der Waals surface area contributed by atoms with Crippen LogP contribution in [0.4, 0.5) is 0 Å². The summed E-state index contributed by atoms with van der Waals surface area (Å²) in [6.45, 7) is 2.50. The summed E-state index contributed by atoms with van der Waals surface area (Å²) >= 11 is 0. The van der Waals surface area contributed by atoms with Crippen molar-refractivity contribution in [1.29, 1.82) is 0 Å². The van der Waals surface area contributed by atoms with Gasteiger partial charge in [-0.2, -0.15) is 0 Å². The van der Waals surface area contributed by atoms with Crippen molar-refractivity contribution < 1.29 is 9.59 Å². The van der Waals surface area contributed by atoms with Gasteiger partial charge in [-0.25, -0.2) is 0 Å². The van der Waals surface area contributed by atoms with E-state index in [1.54, 1.807) is 17.0 Å². The molecule has 1 atom stereocenters. The highest BCUT2D eigenvalue weighted by molar-refractivity contribution is 6.07. The average molecular weight is 203 g/mol. The zero-order valence-electron chi connectivity index (χ0n) is 8.64. The van der Waals surface area contributed by atoms with E-state index in [-0.39, 0.29) is 17.7 Å². The minimum atomic E-state index is -0.232. The van der Waals surface area contributed by atoms with Crippen LogP contribution in [0.1, 0.15) is 23.7 Å². The largest absolute Gasteiger partial charge is 0.332 e. The number of carbonyl (C=O) groups excluding carboxylic acids is 2. The molecule has 15 heavy (non-hydrogen) atoms. The molecule has 1 fully saturated rings. The summed E-state index contributed by atoms with van der Waals surface area (Å²) in [7, 11) is 0. The predicted molar refractivity (Wildman–Crippen MR) is 56.6 cm³/mol. The summed E-state index contributed by atoms with van der Waals surface area (Å²) in [6.07, 6.45) is 0.363. The van der Waals surface area contributed by atoms with Crippen molar-refractivity contribution in [3.63, 3.8) is 0 Å². The number of hydrogen-bond donors (Lipinski definition) is 0. The third-order valence-corrected chi connectivity index (χ3v) is 2.77. The second-order valence-corrected chi connectivity index (χ2v) is 3.63. The maximum Gasteiger partial charge on any atom is 0.225 e. The van der Waals surface area contributed by atoms with Gasteiger partial charge in [-0.15, -0.1) is 0 Å². The van der Waals surface area contributed by atoms with Gasteiger partial charge in [0.1, 0.15) is 6.04 Å². The molecule has 1 aliphatic rings. The first kappa shape index (κ1) is 9.90. The summed E-state index contributed by atoms with van der Waals surface area (Å²) in [5.74, 6) is 0.129. The number of Topliss-reactive ketones (excluding diaryl/α,β-unsaturated/α-hetero) is 1. The highest BCUT2D eigenvalue weighted by Gasteiger charge is 2.39. The van der Waals surface area contributed by atoms with Gasteiger partial charge in [-0.3, -0.25) is 9.59 Å². The lowest BCUT2D eigenvalue weighted by molar-refractivity contribution is -0.143. The highest BCUT2D eigenvalue weighted by atomic mass is 16.2. The van der Waals surface area contributed by atoms with Crippen molar-refractivity contribution in [2.75, 3.05) is 6.54 Å². The molecule has 1 aromatic rings. The van der Waals surface area contributed by atoms with Gasteiger partial charge in [0.25, 0.3) is 0 Å². The van der Waals surface area contributed by atoms with Crippen LogP contribution in [0.25, 0.3) is 0 Å². The number of carbonyl (C=O) groups is 2. The first-order valence-electron chi connectivity index (χ1n) is 5.12. The lowest BCUT2D eigenvalue weighted by atomic mass is 9.93. The third-order valence-electron chi connectivity index (χ3n) is 2.77. The van der Waals surface area contributed by atoms with Crippen LogP contribution in [0.15, 0.2) is 30.3 Å². The molecular weight excluding hydrogens is 190 g/mol. The van der Waals surface area contributed by atoms with E-state index in [9.17, 15) is 9.59 Å². The Morgan fingerprint density at radius 3 is 2.60 bits per heavy atom. The van der Waals surface area contributed by atoms with Crippen LogP contribution in [0.2, 0.25) is 0 Å². The number of amides is 1. The number of nitrogens with zero attached hydrogens (tertiary/aromatic N) is 1. The van der Waals surface area contributed by atoms with Gasteiger partial charge < -0.3 is 4.90 Å². The number of benzene rings is 1. The molecule has 1 saturated heterocycles. The van der Waals surface area contributed by atoms with E-state index in [1.165, 1.54) is 0 Å². The van der Waals surface area contributed by atoms with Crippen LogP contribution in [-0.4, -0.2) is 29.2 Å². The van der Waals surface area contributed by atoms with Crippen LogP contribution in [0.5, 0.6) is 0 Å². The molecule has 3 nitrogen and oxygen atoms in total. The molecule has 1 amide bonds. The van der Waals surface area contributed by atoms with Crippen LogP contribution in [0, 0.1) is 0 Å². The van der Waals surface area contributed by atoms with E-state index in [4.69, 9.17) is 0 Å². The second kappa shape index (κ2) is 3.85. The lowest BCUT2D eigenvalue weighted by Crippen LogP contribution is -2.56. The molecule has 1 unspecified atom stereocenters. The molecule has 0 spiro atoms. The number of likely N-dealkylation sites (tertiary alicyclic amines) is 1. The number of likely N-dealkylation sites (N-methyl/N-ethyl adjacent to an activating group) is 1. The van der Waals surface area contributed by atoms with E-state index in [0.717, 1.165) is 0 Å². The first-order chi connectivity index (χ1) is 7.24. The van der Waals surface area contributed by atoms with Crippen LogP contribution < -0.4 is 0 Å². The fourth-order valence-corrected chi connectivity index (χ4v) is 1.88. The van der Waals surface area contributed by atoms with E-state index < -0.39 is 0 Å². The van der Waals surface area contributed by atoms with Gasteiger partial charge >= 0.3 is 0 Å². The van der Waals surface area contributed by atoms with Gasteiger partial charge in [0, 0.05) is 12.1 Å². The Morgan fingerprint density at radius 1 is 1.40 bits per heavy atom. The molecule has 3 heteroatoms. The maximum atomic E-state index is 11.9. The molecule has 2 rings (SSSR count). The first-order valence-corrected chi connectivity index (χ1v) is 5.12. The Hall–Kier alpha value is -1.64. The monoisotopic (exact) mass is 203 g/mol. The number of rotatable bonds is 3. The zero-order valence-corrected chi connectivity index (χ0v) is 8.64. The van der Waals surface area contributed by atoms with Crippen molar-refractivity contribution in [1.82, 2.24) is 4.90 Å². The average Bonchev–Trinajstić information content (AvgIpc) is 2.26. The SMILES string of the molecule is CCN1C(=O)CC1C(=O)c1ccccc1. The number of β-lactam (4-membered cyclic amide) rings is 1. The predicted octanol–water partition coefficient (Wildman–Crippen LogP) is 1.49. The Morgan fingerprint density at radius 2 is 2.07 bits per heavy atom. The number of ketones is 1. The topological polar surface area (TPSA) is 37.4 Å².